The van der Waals surface area contributed by atoms with E-state index in [4.69, 9.17) is 4.98 Å². The highest BCUT2D eigenvalue weighted by molar-refractivity contribution is 5.96. The quantitative estimate of drug-likeness (QED) is 0.577. The first-order valence-corrected chi connectivity index (χ1v) is 8.36. The fourth-order valence-electron chi connectivity index (χ4n) is 3.10. The van der Waals surface area contributed by atoms with E-state index in [9.17, 15) is 5.11 Å². The molecule has 0 aliphatic rings. The number of anilines is 1. The smallest absolute Gasteiger partial charge is 0.163 e. The van der Waals surface area contributed by atoms with Gasteiger partial charge in [0.25, 0.3) is 0 Å². The van der Waals surface area contributed by atoms with Gasteiger partial charge in [0.2, 0.25) is 0 Å². The fraction of sp³-hybridized carbons (Fsp3) is 0.0952. The van der Waals surface area contributed by atoms with Gasteiger partial charge in [-0.25, -0.2) is 9.97 Å². The number of phenolic OH excluding ortho intramolecular Hbond substituents is 1. The maximum absolute atomic E-state index is 9.54. The molecule has 128 valence electrons. The average Bonchev–Trinajstić information content (AvgIpc) is 2.69. The Morgan fingerprint density at radius 3 is 2.42 bits per heavy atom. The van der Waals surface area contributed by atoms with Crippen molar-refractivity contribution in [2.75, 3.05) is 12.4 Å². The third-order valence-corrected chi connectivity index (χ3v) is 4.46. The van der Waals surface area contributed by atoms with Crippen molar-refractivity contribution in [3.8, 4) is 28.3 Å². The van der Waals surface area contributed by atoms with Gasteiger partial charge in [-0.15, -0.1) is 0 Å². The summed E-state index contributed by atoms with van der Waals surface area (Å²) < 4.78 is 0. The lowest BCUT2D eigenvalue weighted by molar-refractivity contribution is 0.475. The van der Waals surface area contributed by atoms with Crippen LogP contribution in [-0.4, -0.2) is 27.1 Å². The van der Waals surface area contributed by atoms with E-state index in [2.05, 4.69) is 28.3 Å². The molecule has 2 aromatic carbocycles. The molecule has 0 aliphatic carbocycles. The van der Waals surface area contributed by atoms with E-state index < -0.39 is 0 Å². The topological polar surface area (TPSA) is 70.9 Å². The van der Waals surface area contributed by atoms with Gasteiger partial charge in [0, 0.05) is 30.4 Å². The largest absolute Gasteiger partial charge is 0.508 e. The zero-order chi connectivity index (χ0) is 18.1. The van der Waals surface area contributed by atoms with Gasteiger partial charge in [-0.3, -0.25) is 4.98 Å². The van der Waals surface area contributed by atoms with Gasteiger partial charge in [0.05, 0.1) is 5.52 Å². The molecule has 5 nitrogen and oxygen atoms in total. The van der Waals surface area contributed by atoms with Crippen LogP contribution in [0, 0.1) is 6.92 Å². The second-order valence-electron chi connectivity index (χ2n) is 6.07. The summed E-state index contributed by atoms with van der Waals surface area (Å²) in [5.41, 5.74) is 4.96. The molecule has 0 atom stereocenters. The summed E-state index contributed by atoms with van der Waals surface area (Å²) in [5, 5.41) is 13.7. The van der Waals surface area contributed by atoms with Crippen molar-refractivity contribution in [3.05, 3.63) is 66.5 Å². The molecule has 0 bridgehead atoms. The standard InChI is InChI=1S/C21H18N4O/c1-13-17(14-5-7-16(26)8-6-14)9-10-18-19(13)24-20(25-21(18)22-2)15-4-3-11-23-12-15/h3-12,26H,1-2H3,(H,22,24,25). The highest BCUT2D eigenvalue weighted by Crippen LogP contribution is 2.33. The Morgan fingerprint density at radius 1 is 0.923 bits per heavy atom. The summed E-state index contributed by atoms with van der Waals surface area (Å²) >= 11 is 0. The molecule has 0 saturated heterocycles. The van der Waals surface area contributed by atoms with Crippen molar-refractivity contribution in [1.29, 1.82) is 0 Å². The van der Waals surface area contributed by atoms with Crippen LogP contribution in [0.4, 0.5) is 5.82 Å². The molecular weight excluding hydrogens is 324 g/mol. The zero-order valence-electron chi connectivity index (χ0n) is 14.6. The van der Waals surface area contributed by atoms with Crippen LogP contribution >= 0.6 is 0 Å². The maximum Gasteiger partial charge on any atom is 0.163 e. The van der Waals surface area contributed by atoms with Crippen LogP contribution in [0.15, 0.2) is 60.9 Å². The average molecular weight is 342 g/mol. The number of hydrogen-bond acceptors (Lipinski definition) is 5. The predicted molar refractivity (Wildman–Crippen MR) is 104 cm³/mol. The Labute approximate surface area is 151 Å². The Bertz CT molecular complexity index is 1080. The molecule has 0 spiro atoms. The van der Waals surface area contributed by atoms with E-state index in [1.54, 1.807) is 24.5 Å². The van der Waals surface area contributed by atoms with Crippen LogP contribution in [0.5, 0.6) is 5.75 Å². The first-order chi connectivity index (χ1) is 12.7. The van der Waals surface area contributed by atoms with Crippen molar-refractivity contribution in [3.63, 3.8) is 0 Å². The highest BCUT2D eigenvalue weighted by Gasteiger charge is 2.13. The van der Waals surface area contributed by atoms with E-state index in [1.807, 2.05) is 37.4 Å². The SMILES string of the molecule is CNc1nc(-c2cccnc2)nc2c(C)c(-c3ccc(O)cc3)ccc12. The number of aromatic nitrogens is 3. The molecule has 5 heteroatoms. The minimum absolute atomic E-state index is 0.255. The summed E-state index contributed by atoms with van der Waals surface area (Å²) in [6.45, 7) is 2.06. The number of hydrogen-bond donors (Lipinski definition) is 2. The van der Waals surface area contributed by atoms with Crippen LogP contribution < -0.4 is 5.32 Å². The number of phenols is 1. The number of rotatable bonds is 3. The lowest BCUT2D eigenvalue weighted by atomic mass is 9.97. The number of nitrogens with zero attached hydrogens (tertiary/aromatic N) is 3. The first kappa shape index (κ1) is 16.0. The van der Waals surface area contributed by atoms with Crippen molar-refractivity contribution < 1.29 is 5.11 Å². The van der Waals surface area contributed by atoms with Crippen LogP contribution in [-0.2, 0) is 0 Å². The second-order valence-corrected chi connectivity index (χ2v) is 6.07. The molecule has 2 heterocycles. The second kappa shape index (κ2) is 6.44. The van der Waals surface area contributed by atoms with Gasteiger partial charge in [-0.1, -0.05) is 18.2 Å². The summed E-state index contributed by atoms with van der Waals surface area (Å²) in [4.78, 5) is 13.6. The molecule has 0 radical (unpaired) electrons. The van der Waals surface area contributed by atoms with Crippen LogP contribution in [0.3, 0.4) is 0 Å². The zero-order valence-corrected chi connectivity index (χ0v) is 14.6. The Balaban J connectivity index is 1.96. The van der Waals surface area contributed by atoms with Gasteiger partial charge >= 0.3 is 0 Å². The van der Waals surface area contributed by atoms with Gasteiger partial charge < -0.3 is 10.4 Å². The Hall–Kier alpha value is -3.47. The van der Waals surface area contributed by atoms with Crippen LogP contribution in [0.25, 0.3) is 33.4 Å². The van der Waals surface area contributed by atoms with Gasteiger partial charge in [0.1, 0.15) is 11.6 Å². The van der Waals surface area contributed by atoms with E-state index >= 15 is 0 Å². The lowest BCUT2D eigenvalue weighted by Crippen LogP contribution is -2.00. The third-order valence-electron chi connectivity index (χ3n) is 4.46. The number of benzene rings is 2. The predicted octanol–water partition coefficient (Wildman–Crippen LogP) is 4.41. The molecule has 0 amide bonds. The van der Waals surface area contributed by atoms with E-state index in [1.165, 1.54) is 0 Å². The molecule has 0 aliphatic heterocycles. The molecule has 4 aromatic rings. The molecule has 2 N–H and O–H groups in total. The molecule has 0 fully saturated rings. The molecule has 4 rings (SSSR count). The summed E-state index contributed by atoms with van der Waals surface area (Å²) in [6.07, 6.45) is 3.50. The number of aryl methyl sites for hydroxylation is 1. The Kier molecular flexibility index (Phi) is 3.97. The van der Waals surface area contributed by atoms with Crippen molar-refractivity contribution >= 4 is 16.7 Å². The number of pyridine rings is 1. The molecule has 26 heavy (non-hydrogen) atoms. The summed E-state index contributed by atoms with van der Waals surface area (Å²) in [7, 11) is 1.86. The van der Waals surface area contributed by atoms with Crippen molar-refractivity contribution in [2.45, 2.75) is 6.92 Å². The third kappa shape index (κ3) is 2.73. The normalized spacial score (nSPS) is 10.8. The van der Waals surface area contributed by atoms with E-state index in [0.29, 0.717) is 5.82 Å². The van der Waals surface area contributed by atoms with E-state index in [-0.39, 0.29) is 5.75 Å². The summed E-state index contributed by atoms with van der Waals surface area (Å²) in [5.74, 6) is 1.68. The monoisotopic (exact) mass is 342 g/mol. The highest BCUT2D eigenvalue weighted by atomic mass is 16.3. The molecule has 0 unspecified atom stereocenters. The number of nitrogens with one attached hydrogen (secondary N) is 1. The van der Waals surface area contributed by atoms with Gasteiger partial charge in [-0.05, 0) is 53.9 Å². The van der Waals surface area contributed by atoms with Crippen molar-refractivity contribution in [1.82, 2.24) is 15.0 Å². The number of aromatic hydroxyl groups is 1. The number of fused-ring (bicyclic) bond motifs is 1. The fourth-order valence-corrected chi connectivity index (χ4v) is 3.10. The Morgan fingerprint density at radius 2 is 1.73 bits per heavy atom. The summed E-state index contributed by atoms with van der Waals surface area (Å²) in [6, 6.07) is 15.1. The first-order valence-electron chi connectivity index (χ1n) is 8.36. The van der Waals surface area contributed by atoms with Gasteiger partial charge in [0.15, 0.2) is 5.82 Å². The maximum atomic E-state index is 9.54. The van der Waals surface area contributed by atoms with Crippen LogP contribution in [0.1, 0.15) is 5.56 Å². The van der Waals surface area contributed by atoms with Gasteiger partial charge in [-0.2, -0.15) is 0 Å². The minimum atomic E-state index is 0.255. The minimum Gasteiger partial charge on any atom is -0.508 e. The molecule has 2 aromatic heterocycles. The molecule has 0 saturated carbocycles. The molecular formula is C21H18N4O. The van der Waals surface area contributed by atoms with Crippen molar-refractivity contribution in [2.24, 2.45) is 0 Å². The lowest BCUT2D eigenvalue weighted by Gasteiger charge is -2.13. The van der Waals surface area contributed by atoms with E-state index in [0.717, 1.165) is 39.0 Å². The van der Waals surface area contributed by atoms with Crippen LogP contribution in [0.2, 0.25) is 0 Å².